The van der Waals surface area contributed by atoms with Crippen LogP contribution in [-0.4, -0.2) is 11.7 Å². The van der Waals surface area contributed by atoms with Gasteiger partial charge in [-0.25, -0.2) is 14.6 Å². The SMILES string of the molecule is CC(C)(C)OC(=O)NNCc1ccc(Br)c(F)c1. The van der Waals surface area contributed by atoms with Crippen LogP contribution in [0.1, 0.15) is 26.3 Å². The van der Waals surface area contributed by atoms with Gasteiger partial charge in [0.1, 0.15) is 11.4 Å². The predicted molar refractivity (Wildman–Crippen MR) is 70.3 cm³/mol. The summed E-state index contributed by atoms with van der Waals surface area (Å²) >= 11 is 3.07. The lowest BCUT2D eigenvalue weighted by Crippen LogP contribution is -2.40. The zero-order chi connectivity index (χ0) is 13.8. The number of ether oxygens (including phenoxy) is 1. The highest BCUT2D eigenvalue weighted by Gasteiger charge is 2.15. The van der Waals surface area contributed by atoms with Gasteiger partial charge in [-0.15, -0.1) is 0 Å². The molecule has 0 atom stereocenters. The van der Waals surface area contributed by atoms with Crippen molar-refractivity contribution in [2.45, 2.75) is 32.9 Å². The van der Waals surface area contributed by atoms with E-state index >= 15 is 0 Å². The van der Waals surface area contributed by atoms with Gasteiger partial charge in [-0.1, -0.05) is 6.07 Å². The Bertz CT molecular complexity index is 433. The minimum atomic E-state index is -0.569. The molecule has 0 radical (unpaired) electrons. The molecule has 0 bridgehead atoms. The van der Waals surface area contributed by atoms with Gasteiger partial charge < -0.3 is 4.74 Å². The second-order valence-corrected chi connectivity index (χ2v) is 5.58. The Morgan fingerprint density at radius 1 is 1.44 bits per heavy atom. The zero-order valence-corrected chi connectivity index (χ0v) is 12.1. The molecule has 1 amide bonds. The zero-order valence-electron chi connectivity index (χ0n) is 10.5. The minimum absolute atomic E-state index is 0.309. The molecule has 4 nitrogen and oxygen atoms in total. The van der Waals surface area contributed by atoms with Crippen LogP contribution in [0.25, 0.3) is 0 Å². The van der Waals surface area contributed by atoms with Gasteiger partial charge in [0.05, 0.1) is 4.47 Å². The molecule has 2 N–H and O–H groups in total. The number of rotatable bonds is 3. The molecule has 0 aliphatic carbocycles. The first kappa shape index (κ1) is 14.9. The first-order valence-corrected chi connectivity index (χ1v) is 6.23. The maximum atomic E-state index is 13.2. The molecule has 0 aliphatic heterocycles. The lowest BCUT2D eigenvalue weighted by Gasteiger charge is -2.19. The number of nitrogens with one attached hydrogen (secondary N) is 2. The lowest BCUT2D eigenvalue weighted by molar-refractivity contribution is 0.0497. The van der Waals surface area contributed by atoms with Crippen molar-refractivity contribution in [1.29, 1.82) is 0 Å². The van der Waals surface area contributed by atoms with E-state index in [2.05, 4.69) is 26.8 Å². The van der Waals surface area contributed by atoms with Crippen LogP contribution in [-0.2, 0) is 11.3 Å². The number of carbonyl (C=O) groups is 1. The Labute approximate surface area is 114 Å². The van der Waals surface area contributed by atoms with Gasteiger partial charge in [0.15, 0.2) is 0 Å². The molecular formula is C12H16BrFN2O2. The van der Waals surface area contributed by atoms with Gasteiger partial charge in [-0.2, -0.15) is 0 Å². The van der Waals surface area contributed by atoms with Gasteiger partial charge in [0.2, 0.25) is 0 Å². The van der Waals surface area contributed by atoms with E-state index in [9.17, 15) is 9.18 Å². The number of amides is 1. The van der Waals surface area contributed by atoms with Crippen LogP contribution in [0, 0.1) is 5.82 Å². The molecule has 0 aliphatic rings. The molecule has 1 rings (SSSR count). The van der Waals surface area contributed by atoms with Crippen molar-refractivity contribution < 1.29 is 13.9 Å². The summed E-state index contributed by atoms with van der Waals surface area (Å²) in [5.41, 5.74) is 5.21. The van der Waals surface area contributed by atoms with E-state index in [1.807, 2.05) is 0 Å². The van der Waals surface area contributed by atoms with E-state index in [0.29, 0.717) is 16.6 Å². The van der Waals surface area contributed by atoms with E-state index < -0.39 is 11.7 Å². The molecule has 0 fully saturated rings. The van der Waals surface area contributed by atoms with Crippen molar-refractivity contribution in [3.05, 3.63) is 34.1 Å². The highest BCUT2D eigenvalue weighted by molar-refractivity contribution is 9.10. The van der Waals surface area contributed by atoms with Crippen LogP contribution in [0.15, 0.2) is 22.7 Å². The molecular weight excluding hydrogens is 303 g/mol. The molecule has 0 unspecified atom stereocenters. The molecule has 0 saturated heterocycles. The third-order valence-electron chi connectivity index (χ3n) is 1.87. The fourth-order valence-electron chi connectivity index (χ4n) is 1.17. The van der Waals surface area contributed by atoms with E-state index in [1.165, 1.54) is 6.07 Å². The summed E-state index contributed by atoms with van der Waals surface area (Å²) in [5, 5.41) is 0. The third kappa shape index (κ3) is 5.46. The van der Waals surface area contributed by atoms with Crippen molar-refractivity contribution in [1.82, 2.24) is 10.9 Å². The third-order valence-corrected chi connectivity index (χ3v) is 2.51. The molecule has 1 aromatic rings. The normalized spacial score (nSPS) is 11.2. The monoisotopic (exact) mass is 318 g/mol. The summed E-state index contributed by atoms with van der Waals surface area (Å²) in [6.45, 7) is 5.63. The molecule has 18 heavy (non-hydrogen) atoms. The van der Waals surface area contributed by atoms with Gasteiger partial charge >= 0.3 is 6.09 Å². The average molecular weight is 319 g/mol. The van der Waals surface area contributed by atoms with Crippen LogP contribution in [0.5, 0.6) is 0 Å². The number of hydrogen-bond acceptors (Lipinski definition) is 3. The van der Waals surface area contributed by atoms with E-state index in [-0.39, 0.29) is 5.82 Å². The number of halogens is 2. The predicted octanol–water partition coefficient (Wildman–Crippen LogP) is 3.12. The van der Waals surface area contributed by atoms with E-state index in [4.69, 9.17) is 4.74 Å². The Kier molecular flexibility index (Phi) is 5.10. The molecule has 0 saturated carbocycles. The van der Waals surface area contributed by atoms with Crippen molar-refractivity contribution in [3.8, 4) is 0 Å². The number of hydrazine groups is 1. The molecule has 0 heterocycles. The lowest BCUT2D eigenvalue weighted by atomic mass is 10.2. The number of hydrogen-bond donors (Lipinski definition) is 2. The summed E-state index contributed by atoms with van der Waals surface area (Å²) in [6, 6.07) is 4.74. The topological polar surface area (TPSA) is 50.4 Å². The first-order chi connectivity index (χ1) is 8.28. The van der Waals surface area contributed by atoms with E-state index in [0.717, 1.165) is 0 Å². The Morgan fingerprint density at radius 2 is 2.11 bits per heavy atom. The number of benzene rings is 1. The van der Waals surface area contributed by atoms with Crippen LogP contribution in [0.4, 0.5) is 9.18 Å². The van der Waals surface area contributed by atoms with Crippen LogP contribution in [0.2, 0.25) is 0 Å². The molecule has 1 aromatic carbocycles. The average Bonchev–Trinajstić information content (AvgIpc) is 2.20. The smallest absolute Gasteiger partial charge is 0.422 e. The molecule has 0 spiro atoms. The van der Waals surface area contributed by atoms with Crippen LogP contribution in [0.3, 0.4) is 0 Å². The number of carbonyl (C=O) groups excluding carboxylic acids is 1. The largest absolute Gasteiger partial charge is 0.443 e. The highest BCUT2D eigenvalue weighted by atomic mass is 79.9. The van der Waals surface area contributed by atoms with Gasteiger partial charge in [-0.05, 0) is 54.4 Å². The second-order valence-electron chi connectivity index (χ2n) is 4.73. The second kappa shape index (κ2) is 6.15. The van der Waals surface area contributed by atoms with Gasteiger partial charge in [0, 0.05) is 6.54 Å². The minimum Gasteiger partial charge on any atom is -0.443 e. The highest BCUT2D eigenvalue weighted by Crippen LogP contribution is 2.16. The van der Waals surface area contributed by atoms with Gasteiger partial charge in [-0.3, -0.25) is 5.43 Å². The van der Waals surface area contributed by atoms with Crippen LogP contribution < -0.4 is 10.9 Å². The summed E-state index contributed by atoms with van der Waals surface area (Å²) < 4.78 is 18.6. The van der Waals surface area contributed by atoms with Crippen molar-refractivity contribution in [2.75, 3.05) is 0 Å². The summed E-state index contributed by atoms with van der Waals surface area (Å²) in [5.74, 6) is -0.341. The Hall–Kier alpha value is -1.14. The fourth-order valence-corrected chi connectivity index (χ4v) is 1.42. The van der Waals surface area contributed by atoms with Gasteiger partial charge in [0.25, 0.3) is 0 Å². The standard InChI is InChI=1S/C12H16BrFN2O2/c1-12(2,3)18-11(17)16-15-7-8-4-5-9(13)10(14)6-8/h4-6,15H,7H2,1-3H3,(H,16,17). The fraction of sp³-hybridized carbons (Fsp3) is 0.417. The summed E-state index contributed by atoms with van der Waals surface area (Å²) in [7, 11) is 0. The summed E-state index contributed by atoms with van der Waals surface area (Å²) in [6.07, 6.45) is -0.569. The Balaban J connectivity index is 2.38. The molecule has 6 heteroatoms. The maximum Gasteiger partial charge on any atom is 0.422 e. The van der Waals surface area contributed by atoms with Crippen LogP contribution >= 0.6 is 15.9 Å². The summed E-state index contributed by atoms with van der Waals surface area (Å²) in [4.78, 5) is 11.3. The van der Waals surface area contributed by atoms with Crippen molar-refractivity contribution in [2.24, 2.45) is 0 Å². The quantitative estimate of drug-likeness (QED) is 0.842. The molecule has 0 aromatic heterocycles. The Morgan fingerprint density at radius 3 is 2.67 bits per heavy atom. The maximum absolute atomic E-state index is 13.2. The molecule has 100 valence electrons. The first-order valence-electron chi connectivity index (χ1n) is 5.44. The van der Waals surface area contributed by atoms with Crippen molar-refractivity contribution >= 4 is 22.0 Å². The van der Waals surface area contributed by atoms with E-state index in [1.54, 1.807) is 32.9 Å². The van der Waals surface area contributed by atoms with Crippen molar-refractivity contribution in [3.63, 3.8) is 0 Å².